The molecule has 7 nitrogen and oxygen atoms in total. The van der Waals surface area contributed by atoms with Crippen molar-refractivity contribution >= 4 is 33.4 Å². The number of carbonyl (C=O) groups excluding carboxylic acids is 2. The molecule has 0 unspecified atom stereocenters. The molecule has 0 aliphatic rings. The number of esters is 1. The highest BCUT2D eigenvalue weighted by atomic mass is 35.5. The zero-order valence-electron chi connectivity index (χ0n) is 14.9. The third-order valence-corrected chi connectivity index (χ3v) is 5.96. The first-order chi connectivity index (χ1) is 12.7. The van der Waals surface area contributed by atoms with E-state index < -0.39 is 28.4 Å². The smallest absolute Gasteiger partial charge is 0.338 e. The van der Waals surface area contributed by atoms with Crippen LogP contribution >= 0.6 is 11.6 Å². The van der Waals surface area contributed by atoms with Crippen LogP contribution in [0.15, 0.2) is 47.4 Å². The van der Waals surface area contributed by atoms with Crippen LogP contribution in [0.1, 0.15) is 20.7 Å². The number of methoxy groups -OCH3 is 1. The van der Waals surface area contributed by atoms with Gasteiger partial charge in [0.15, 0.2) is 6.61 Å². The molecule has 0 bridgehead atoms. The molecule has 0 N–H and O–H groups in total. The maximum Gasteiger partial charge on any atom is 0.338 e. The molecule has 0 amide bonds. The molecule has 0 saturated carbocycles. The predicted molar refractivity (Wildman–Crippen MR) is 99.9 cm³/mol. The van der Waals surface area contributed by atoms with Crippen molar-refractivity contribution in [2.75, 3.05) is 27.8 Å². The molecule has 2 aromatic rings. The molecular formula is C18H18ClNO6S. The molecule has 0 atom stereocenters. The van der Waals surface area contributed by atoms with Crippen molar-refractivity contribution in [3.63, 3.8) is 0 Å². The van der Waals surface area contributed by atoms with Crippen molar-refractivity contribution in [1.82, 2.24) is 4.31 Å². The van der Waals surface area contributed by atoms with Gasteiger partial charge in [0.1, 0.15) is 10.6 Å². The Balaban J connectivity index is 2.18. The minimum absolute atomic E-state index is 0.0228. The number of Topliss-reactive ketones (excluding diaryl/α,β-unsaturated/α-hetero) is 1. The Labute approximate surface area is 162 Å². The van der Waals surface area contributed by atoms with E-state index in [1.54, 1.807) is 24.3 Å². The average molecular weight is 412 g/mol. The highest BCUT2D eigenvalue weighted by molar-refractivity contribution is 7.89. The molecule has 2 rings (SSSR count). The van der Waals surface area contributed by atoms with Crippen LogP contribution in [0.3, 0.4) is 0 Å². The van der Waals surface area contributed by atoms with Crippen LogP contribution < -0.4 is 4.74 Å². The summed E-state index contributed by atoms with van der Waals surface area (Å²) in [7, 11) is 0.292. The first-order valence-electron chi connectivity index (χ1n) is 7.74. The van der Waals surface area contributed by atoms with Crippen LogP contribution in [0.25, 0.3) is 0 Å². The molecule has 27 heavy (non-hydrogen) atoms. The molecule has 0 aromatic heterocycles. The lowest BCUT2D eigenvalue weighted by atomic mass is 10.1. The normalized spacial score (nSPS) is 11.3. The Kier molecular flexibility index (Phi) is 6.59. The Bertz CT molecular complexity index is 972. The quantitative estimate of drug-likeness (QED) is 0.514. The minimum Gasteiger partial charge on any atom is -0.496 e. The minimum atomic E-state index is -3.84. The lowest BCUT2D eigenvalue weighted by Gasteiger charge is -2.13. The number of hydrogen-bond acceptors (Lipinski definition) is 6. The van der Waals surface area contributed by atoms with Crippen LogP contribution in [0.5, 0.6) is 5.75 Å². The molecule has 0 fully saturated rings. The van der Waals surface area contributed by atoms with Crippen LogP contribution in [-0.4, -0.2) is 52.3 Å². The Morgan fingerprint density at radius 2 is 1.78 bits per heavy atom. The van der Waals surface area contributed by atoms with Gasteiger partial charge in [0.05, 0.1) is 23.3 Å². The number of rotatable bonds is 7. The van der Waals surface area contributed by atoms with Gasteiger partial charge in [-0.05, 0) is 30.3 Å². The number of ketones is 1. The standard InChI is InChI=1S/C18H18ClNO6S/c1-20(2)27(23,24)17-10-12(8-9-14(17)19)18(22)26-11-15(21)13-6-4-5-7-16(13)25-3/h4-10H,11H2,1-3H3. The second-order valence-corrected chi connectivity index (χ2v) is 8.16. The number of hydrogen-bond donors (Lipinski definition) is 0. The van der Waals surface area contributed by atoms with Crippen molar-refractivity contribution in [2.24, 2.45) is 0 Å². The van der Waals surface area contributed by atoms with Gasteiger partial charge in [-0.3, -0.25) is 4.79 Å². The summed E-state index contributed by atoms with van der Waals surface area (Å²) in [5.74, 6) is -0.926. The highest BCUT2D eigenvalue weighted by Gasteiger charge is 2.23. The summed E-state index contributed by atoms with van der Waals surface area (Å²) in [5, 5.41) is -0.0228. The van der Waals surface area contributed by atoms with Crippen LogP contribution in [0.2, 0.25) is 5.02 Å². The van der Waals surface area contributed by atoms with Crippen LogP contribution in [0.4, 0.5) is 0 Å². The fourth-order valence-corrected chi connectivity index (χ4v) is 3.59. The summed E-state index contributed by atoms with van der Waals surface area (Å²) in [6.07, 6.45) is 0. The number of halogens is 1. The second-order valence-electron chi connectivity index (χ2n) is 5.63. The Hall–Kier alpha value is -2.42. The number of benzene rings is 2. The fourth-order valence-electron chi connectivity index (χ4n) is 2.19. The summed E-state index contributed by atoms with van der Waals surface area (Å²) in [6.45, 7) is -0.516. The van der Waals surface area contributed by atoms with Gasteiger partial charge in [0, 0.05) is 14.1 Å². The summed E-state index contributed by atoms with van der Waals surface area (Å²) in [6, 6.07) is 10.3. The highest BCUT2D eigenvalue weighted by Crippen LogP contribution is 2.25. The second kappa shape index (κ2) is 8.51. The Morgan fingerprint density at radius 3 is 2.41 bits per heavy atom. The first kappa shape index (κ1) is 20.9. The maximum absolute atomic E-state index is 12.3. The Morgan fingerprint density at radius 1 is 1.11 bits per heavy atom. The first-order valence-corrected chi connectivity index (χ1v) is 9.55. The average Bonchev–Trinajstić information content (AvgIpc) is 2.65. The van der Waals surface area contributed by atoms with Crippen LogP contribution in [0, 0.1) is 0 Å². The van der Waals surface area contributed by atoms with E-state index in [0.29, 0.717) is 5.75 Å². The van der Waals surface area contributed by atoms with Crippen molar-refractivity contribution < 1.29 is 27.5 Å². The van der Waals surface area contributed by atoms with Crippen molar-refractivity contribution in [2.45, 2.75) is 4.90 Å². The molecule has 0 saturated heterocycles. The van der Waals surface area contributed by atoms with Gasteiger partial charge in [-0.25, -0.2) is 17.5 Å². The lowest BCUT2D eigenvalue weighted by Crippen LogP contribution is -2.23. The topological polar surface area (TPSA) is 90.0 Å². The molecule has 0 spiro atoms. The molecule has 2 aromatic carbocycles. The van der Waals surface area contributed by atoms with Gasteiger partial charge < -0.3 is 9.47 Å². The maximum atomic E-state index is 12.3. The predicted octanol–water partition coefficient (Wildman–Crippen LogP) is 2.64. The molecule has 9 heteroatoms. The molecule has 0 radical (unpaired) electrons. The van der Waals surface area contributed by atoms with Crippen molar-refractivity contribution in [3.05, 3.63) is 58.6 Å². The van der Waals surface area contributed by atoms with E-state index in [4.69, 9.17) is 21.1 Å². The molecule has 144 valence electrons. The number of para-hydroxylation sites is 1. The van der Waals surface area contributed by atoms with E-state index in [1.807, 2.05) is 0 Å². The fraction of sp³-hybridized carbons (Fsp3) is 0.222. The van der Waals surface area contributed by atoms with Crippen molar-refractivity contribution in [1.29, 1.82) is 0 Å². The van der Waals surface area contributed by atoms with Gasteiger partial charge in [-0.1, -0.05) is 23.7 Å². The summed E-state index contributed by atoms with van der Waals surface area (Å²) >= 11 is 5.94. The molecule has 0 heterocycles. The molecule has 0 aliphatic carbocycles. The van der Waals surface area contributed by atoms with E-state index in [2.05, 4.69) is 0 Å². The number of ether oxygens (including phenoxy) is 2. The zero-order chi connectivity index (χ0) is 20.2. The summed E-state index contributed by atoms with van der Waals surface area (Å²) < 4.78 is 35.6. The van der Waals surface area contributed by atoms with Crippen molar-refractivity contribution in [3.8, 4) is 5.75 Å². The molecular weight excluding hydrogens is 394 g/mol. The monoisotopic (exact) mass is 411 g/mol. The third-order valence-electron chi connectivity index (χ3n) is 3.67. The van der Waals surface area contributed by atoms with E-state index in [-0.39, 0.29) is 21.0 Å². The van der Waals surface area contributed by atoms with Gasteiger partial charge in [0.2, 0.25) is 15.8 Å². The van der Waals surface area contributed by atoms with E-state index in [0.717, 1.165) is 10.4 Å². The van der Waals surface area contributed by atoms with Gasteiger partial charge >= 0.3 is 5.97 Å². The molecule has 0 aliphatic heterocycles. The number of nitrogens with zero attached hydrogens (tertiary/aromatic N) is 1. The zero-order valence-corrected chi connectivity index (χ0v) is 16.5. The summed E-state index contributed by atoms with van der Waals surface area (Å²) in [4.78, 5) is 24.3. The largest absolute Gasteiger partial charge is 0.496 e. The SMILES string of the molecule is COc1ccccc1C(=O)COC(=O)c1ccc(Cl)c(S(=O)(=O)N(C)C)c1. The third kappa shape index (κ3) is 4.65. The summed E-state index contributed by atoms with van der Waals surface area (Å²) in [5.41, 5.74) is 0.243. The number of sulfonamides is 1. The van der Waals surface area contributed by atoms with Gasteiger partial charge in [-0.2, -0.15) is 0 Å². The van der Waals surface area contributed by atoms with Gasteiger partial charge in [-0.15, -0.1) is 0 Å². The van der Waals surface area contributed by atoms with E-state index in [9.17, 15) is 18.0 Å². The van der Waals surface area contributed by atoms with E-state index >= 15 is 0 Å². The number of carbonyl (C=O) groups is 2. The van der Waals surface area contributed by atoms with Crippen LogP contribution in [-0.2, 0) is 14.8 Å². The lowest BCUT2D eigenvalue weighted by molar-refractivity contribution is 0.0473. The van der Waals surface area contributed by atoms with E-state index in [1.165, 1.54) is 33.3 Å². The van der Waals surface area contributed by atoms with Gasteiger partial charge in [0.25, 0.3) is 0 Å².